The summed E-state index contributed by atoms with van der Waals surface area (Å²) < 4.78 is 0. The Morgan fingerprint density at radius 2 is 0.895 bits per heavy atom. The minimum absolute atomic E-state index is 0.0231. The third-order valence-corrected chi connectivity index (χ3v) is 3.97. The summed E-state index contributed by atoms with van der Waals surface area (Å²) in [5.41, 5.74) is 10.2. The number of carboxylic acid groups (broad SMARTS) is 6. The first-order valence-electron chi connectivity index (χ1n) is 11.4. The van der Waals surface area contributed by atoms with Gasteiger partial charge in [-0.3, -0.25) is 28.8 Å². The Bertz CT molecular complexity index is 782. The van der Waals surface area contributed by atoms with Crippen molar-refractivity contribution in [3.8, 4) is 0 Å². The largest absolute Gasteiger partial charge is 0.481 e. The molecule has 0 aromatic carbocycles. The Labute approximate surface area is 218 Å². The van der Waals surface area contributed by atoms with Gasteiger partial charge in [0.2, 0.25) is 11.6 Å². The summed E-state index contributed by atoms with van der Waals surface area (Å²) in [6, 6.07) is -1.72. The van der Waals surface area contributed by atoms with Crippen LogP contribution in [0.15, 0.2) is 0 Å². The van der Waals surface area contributed by atoms with E-state index in [2.05, 4.69) is 0 Å². The lowest BCUT2D eigenvalue weighted by Crippen LogP contribution is -2.30. The van der Waals surface area contributed by atoms with E-state index in [0.717, 1.165) is 19.3 Å². The molecule has 0 aliphatic rings. The van der Waals surface area contributed by atoms with Gasteiger partial charge in [-0.2, -0.15) is 0 Å². The summed E-state index contributed by atoms with van der Waals surface area (Å²) in [6.45, 7) is 3.92. The first kappa shape index (κ1) is 41.2. The molecule has 16 nitrogen and oxygen atoms in total. The minimum atomic E-state index is -1.58. The first-order valence-corrected chi connectivity index (χ1v) is 11.4. The van der Waals surface area contributed by atoms with Gasteiger partial charge in [-0.15, -0.1) is 0 Å². The van der Waals surface area contributed by atoms with Crippen molar-refractivity contribution in [2.75, 3.05) is 0 Å². The number of carbonyl (C=O) groups is 8. The maximum absolute atomic E-state index is 10.3. The zero-order chi connectivity index (χ0) is 30.8. The van der Waals surface area contributed by atoms with Crippen LogP contribution >= 0.6 is 0 Å². The van der Waals surface area contributed by atoms with E-state index >= 15 is 0 Å². The molecule has 0 saturated carbocycles. The predicted molar refractivity (Wildman–Crippen MR) is 129 cm³/mol. The van der Waals surface area contributed by atoms with Crippen molar-refractivity contribution in [2.24, 2.45) is 11.5 Å². The van der Waals surface area contributed by atoms with Crippen LogP contribution in [-0.2, 0) is 38.4 Å². The number of hydrogen-bond acceptors (Lipinski definition) is 10. The van der Waals surface area contributed by atoms with Crippen LogP contribution in [0, 0.1) is 0 Å². The van der Waals surface area contributed by atoms with Crippen molar-refractivity contribution in [1.29, 1.82) is 0 Å². The Balaban J connectivity index is -0.000000203. The Kier molecular flexibility index (Phi) is 28.4. The second-order valence-electron chi connectivity index (χ2n) is 7.42. The second kappa shape index (κ2) is 26.2. The monoisotopic (exact) mass is 554 g/mol. The average molecular weight is 555 g/mol. The van der Waals surface area contributed by atoms with E-state index in [1.54, 1.807) is 0 Å². The maximum Gasteiger partial charge on any atom is 0.372 e. The highest BCUT2D eigenvalue weighted by molar-refractivity contribution is 6.33. The zero-order valence-corrected chi connectivity index (χ0v) is 21.3. The second-order valence-corrected chi connectivity index (χ2v) is 7.42. The highest BCUT2D eigenvalue weighted by Crippen LogP contribution is 1.97. The van der Waals surface area contributed by atoms with Gasteiger partial charge < -0.3 is 42.1 Å². The Morgan fingerprint density at radius 3 is 1.21 bits per heavy atom. The number of hydrogen-bond donors (Lipinski definition) is 8. The smallest absolute Gasteiger partial charge is 0.372 e. The molecule has 2 unspecified atom stereocenters. The lowest BCUT2D eigenvalue weighted by Gasteiger charge is -2.02. The summed E-state index contributed by atoms with van der Waals surface area (Å²) in [7, 11) is 0. The Morgan fingerprint density at radius 1 is 0.526 bits per heavy atom. The normalized spacial score (nSPS) is 10.8. The summed E-state index contributed by atoms with van der Waals surface area (Å²) in [5, 5.41) is 48.6. The molecule has 38 heavy (non-hydrogen) atoms. The van der Waals surface area contributed by atoms with Crippen LogP contribution in [0.3, 0.4) is 0 Å². The molecule has 0 bridgehead atoms. The molecular formula is C22H38N2O14. The molecule has 0 fully saturated rings. The van der Waals surface area contributed by atoms with Crippen LogP contribution in [0.1, 0.15) is 78.1 Å². The molecule has 10 N–H and O–H groups in total. The molecule has 0 radical (unpaired) electrons. The zero-order valence-electron chi connectivity index (χ0n) is 21.3. The Hall–Kier alpha value is -3.92. The van der Waals surface area contributed by atoms with E-state index < -0.39 is 72.3 Å². The predicted octanol–water partition coefficient (Wildman–Crippen LogP) is 0.187. The number of nitrogens with two attached hydrogens (primary N) is 2. The van der Waals surface area contributed by atoms with Crippen LogP contribution in [0.25, 0.3) is 0 Å². The van der Waals surface area contributed by atoms with Crippen molar-refractivity contribution >= 4 is 47.4 Å². The van der Waals surface area contributed by atoms with Gasteiger partial charge in [0.05, 0.1) is 6.42 Å². The molecule has 0 aliphatic carbocycles. The van der Waals surface area contributed by atoms with E-state index in [1.165, 1.54) is 0 Å². The van der Waals surface area contributed by atoms with E-state index in [4.69, 9.17) is 42.1 Å². The van der Waals surface area contributed by atoms with Crippen LogP contribution in [0.4, 0.5) is 0 Å². The number of unbranched alkanes of at least 4 members (excludes halogenated alkanes) is 2. The fraction of sp³-hybridized carbons (Fsp3) is 0.636. The molecule has 0 aromatic rings. The lowest BCUT2D eigenvalue weighted by atomic mass is 10.1. The van der Waals surface area contributed by atoms with Gasteiger partial charge in [0.1, 0.15) is 12.1 Å². The minimum Gasteiger partial charge on any atom is -0.481 e. The van der Waals surface area contributed by atoms with Gasteiger partial charge in [0.25, 0.3) is 0 Å². The van der Waals surface area contributed by atoms with Crippen LogP contribution in [0.5, 0.6) is 0 Å². The molecule has 0 amide bonds. The van der Waals surface area contributed by atoms with Crippen LogP contribution in [0.2, 0.25) is 0 Å². The van der Waals surface area contributed by atoms with Crippen molar-refractivity contribution < 1.29 is 69.0 Å². The van der Waals surface area contributed by atoms with Gasteiger partial charge in [-0.25, -0.2) is 9.59 Å². The third-order valence-electron chi connectivity index (χ3n) is 3.97. The molecule has 0 rings (SSSR count). The molecule has 0 saturated heterocycles. The van der Waals surface area contributed by atoms with Gasteiger partial charge in [0, 0.05) is 19.3 Å². The van der Waals surface area contributed by atoms with E-state index in [9.17, 15) is 38.4 Å². The molecule has 0 spiro atoms. The number of Topliss-reactive ketones (excluding diaryl/α,β-unsaturated/α-hetero) is 2. The summed E-state index contributed by atoms with van der Waals surface area (Å²) in [4.78, 5) is 79.8. The fourth-order valence-corrected chi connectivity index (χ4v) is 1.72. The molecular weight excluding hydrogens is 516 g/mol. The van der Waals surface area contributed by atoms with Crippen molar-refractivity contribution in [1.82, 2.24) is 0 Å². The maximum atomic E-state index is 10.3. The number of carboxylic acids is 6. The SMILES string of the molecule is CCCCC(=O)C(=O)O.CCCCC(N)C(=O)O.NC(CCC(=O)O)C(=O)O.O=C(O)CCC(=O)C(=O)O. The van der Waals surface area contributed by atoms with Gasteiger partial charge >= 0.3 is 35.8 Å². The summed E-state index contributed by atoms with van der Waals surface area (Å²) in [5.74, 6) is -8.92. The first-order chi connectivity index (χ1) is 17.4. The number of aliphatic carboxylic acids is 6. The van der Waals surface area contributed by atoms with Gasteiger partial charge in [0.15, 0.2) is 0 Å². The third kappa shape index (κ3) is 34.2. The molecule has 0 aliphatic heterocycles. The lowest BCUT2D eigenvalue weighted by molar-refractivity contribution is -0.150. The topological polar surface area (TPSA) is 310 Å². The van der Waals surface area contributed by atoms with Gasteiger partial charge in [-0.1, -0.05) is 33.1 Å². The molecule has 0 heterocycles. The van der Waals surface area contributed by atoms with E-state index in [-0.39, 0.29) is 19.3 Å². The van der Waals surface area contributed by atoms with Crippen molar-refractivity contribution in [2.45, 2.75) is 90.1 Å². The number of rotatable bonds is 16. The molecule has 0 aromatic heterocycles. The highest BCUT2D eigenvalue weighted by atomic mass is 16.4. The van der Waals surface area contributed by atoms with Gasteiger partial charge in [-0.05, 0) is 19.3 Å². The van der Waals surface area contributed by atoms with E-state index in [0.29, 0.717) is 12.8 Å². The summed E-state index contributed by atoms with van der Waals surface area (Å²) >= 11 is 0. The number of ketones is 2. The molecule has 16 heteroatoms. The molecule has 220 valence electrons. The van der Waals surface area contributed by atoms with Crippen molar-refractivity contribution in [3.63, 3.8) is 0 Å². The van der Waals surface area contributed by atoms with E-state index in [1.807, 2.05) is 13.8 Å². The highest BCUT2D eigenvalue weighted by Gasteiger charge is 2.13. The molecule has 2 atom stereocenters. The standard InChI is InChI=1S/C6H13NO2.C6H10O3.C5H9NO4.C5H6O5/c2*1-2-3-4-5(7)6(8)9;2*6-3(5(9)10)1-2-4(7)8/h5H,2-4,7H2,1H3,(H,8,9);2-4H2,1H3,(H,8,9);3H,1-2,6H2,(H,7,8)(H,9,10);1-2H2,(H,7,8)(H,9,10). The number of carbonyl (C=O) groups excluding carboxylic acids is 2. The van der Waals surface area contributed by atoms with Crippen LogP contribution in [-0.4, -0.2) is 90.1 Å². The summed E-state index contributed by atoms with van der Waals surface area (Å²) in [6.07, 6.45) is 3.10. The fourth-order valence-electron chi connectivity index (χ4n) is 1.72. The van der Waals surface area contributed by atoms with Crippen LogP contribution < -0.4 is 11.5 Å². The quantitative estimate of drug-likeness (QED) is 0.118. The average Bonchev–Trinajstić information content (AvgIpc) is 2.83. The van der Waals surface area contributed by atoms with Crippen molar-refractivity contribution in [3.05, 3.63) is 0 Å².